The van der Waals surface area contributed by atoms with E-state index in [0.717, 1.165) is 37.6 Å². The van der Waals surface area contributed by atoms with Crippen LogP contribution in [-0.4, -0.2) is 19.9 Å². The number of pyridine rings is 3. The Kier molecular flexibility index (Phi) is 3.93. The number of fused-ring (bicyclic) bond motifs is 2. The van der Waals surface area contributed by atoms with Gasteiger partial charge in [0.25, 0.3) is 0 Å². The molecule has 0 unspecified atom stereocenters. The minimum Gasteiger partial charge on any atom is -0.331 e. The van der Waals surface area contributed by atoms with Crippen LogP contribution in [0.25, 0.3) is 43.6 Å². The number of thiazole rings is 1. The summed E-state index contributed by atoms with van der Waals surface area (Å²) in [4.78, 5) is 29.9. The third-order valence-electron chi connectivity index (χ3n) is 4.71. The number of aryl methyl sites for hydroxylation is 1. The van der Waals surface area contributed by atoms with Crippen molar-refractivity contribution in [2.45, 2.75) is 6.92 Å². The summed E-state index contributed by atoms with van der Waals surface area (Å²) in [7, 11) is 0. The second-order valence-corrected chi connectivity index (χ2v) is 7.83. The molecule has 0 bridgehead atoms. The second kappa shape index (κ2) is 6.62. The topological polar surface area (TPSA) is 95.3 Å². The average Bonchev–Trinajstić information content (AvgIpc) is 3.18. The molecule has 29 heavy (non-hydrogen) atoms. The lowest BCUT2D eigenvalue weighted by Crippen LogP contribution is -2.06. The fourth-order valence-electron chi connectivity index (χ4n) is 3.35. The Morgan fingerprint density at radius 2 is 2.03 bits per heavy atom. The standard InChI is InChI=1S/C22H13N5OS/c1-12-25-11-20(29-12)21-16(13-4-5-18-14(7-13)3-2-6-24-18)9-17-19(28)8-15(10-23)26-22(17)27-21/h2-9,11H,1H3,(H,26,27,28). The van der Waals surface area contributed by atoms with E-state index in [1.165, 1.54) is 17.4 Å². The van der Waals surface area contributed by atoms with Crippen LogP contribution in [0.1, 0.15) is 10.7 Å². The van der Waals surface area contributed by atoms with Gasteiger partial charge in [-0.3, -0.25) is 9.78 Å². The molecule has 5 aromatic rings. The molecular weight excluding hydrogens is 382 g/mol. The smallest absolute Gasteiger partial charge is 0.192 e. The van der Waals surface area contributed by atoms with Crippen LogP contribution >= 0.6 is 11.3 Å². The van der Waals surface area contributed by atoms with Crippen molar-refractivity contribution in [2.75, 3.05) is 0 Å². The van der Waals surface area contributed by atoms with Crippen molar-refractivity contribution in [1.82, 2.24) is 19.9 Å². The van der Waals surface area contributed by atoms with Crippen LogP contribution in [0.15, 0.2) is 59.7 Å². The molecule has 6 nitrogen and oxygen atoms in total. The van der Waals surface area contributed by atoms with Gasteiger partial charge in [-0.15, -0.1) is 11.3 Å². The average molecular weight is 395 g/mol. The SMILES string of the molecule is Cc1ncc(-c2nc3[nH]c(C#N)cc(=O)c3cc2-c2ccc3ncccc3c2)s1. The molecule has 138 valence electrons. The number of aromatic amines is 1. The van der Waals surface area contributed by atoms with E-state index < -0.39 is 0 Å². The number of hydrogen-bond donors (Lipinski definition) is 1. The zero-order valence-corrected chi connectivity index (χ0v) is 16.1. The van der Waals surface area contributed by atoms with Gasteiger partial charge >= 0.3 is 0 Å². The molecule has 7 heteroatoms. The van der Waals surface area contributed by atoms with Crippen LogP contribution in [0, 0.1) is 18.3 Å². The van der Waals surface area contributed by atoms with E-state index >= 15 is 0 Å². The predicted octanol–water partition coefficient (Wildman–Crippen LogP) is 4.44. The van der Waals surface area contributed by atoms with E-state index in [4.69, 9.17) is 4.98 Å². The second-order valence-electron chi connectivity index (χ2n) is 6.59. The molecule has 0 fully saturated rings. The summed E-state index contributed by atoms with van der Waals surface area (Å²) >= 11 is 1.53. The molecule has 0 saturated carbocycles. The van der Waals surface area contributed by atoms with E-state index in [1.807, 2.05) is 49.4 Å². The molecular formula is C22H13N5OS. The summed E-state index contributed by atoms with van der Waals surface area (Å²) in [5.41, 5.74) is 3.73. The Labute approximate surface area is 169 Å². The van der Waals surface area contributed by atoms with Gasteiger partial charge in [-0.1, -0.05) is 12.1 Å². The number of nitrogens with one attached hydrogen (secondary N) is 1. The molecule has 4 aromatic heterocycles. The summed E-state index contributed by atoms with van der Waals surface area (Å²) < 4.78 is 0. The highest BCUT2D eigenvalue weighted by atomic mass is 32.1. The molecule has 0 spiro atoms. The molecule has 0 radical (unpaired) electrons. The van der Waals surface area contributed by atoms with Gasteiger partial charge in [0.05, 0.1) is 26.5 Å². The maximum Gasteiger partial charge on any atom is 0.192 e. The lowest BCUT2D eigenvalue weighted by Gasteiger charge is -2.10. The number of nitrogens with zero attached hydrogens (tertiary/aromatic N) is 4. The van der Waals surface area contributed by atoms with Crippen LogP contribution in [-0.2, 0) is 0 Å². The summed E-state index contributed by atoms with van der Waals surface area (Å²) in [6.07, 6.45) is 3.55. The van der Waals surface area contributed by atoms with E-state index in [0.29, 0.717) is 11.0 Å². The molecule has 1 aromatic carbocycles. The van der Waals surface area contributed by atoms with Gasteiger partial charge in [-0.2, -0.15) is 5.26 Å². The number of H-pyrrole nitrogens is 1. The maximum absolute atomic E-state index is 12.6. The van der Waals surface area contributed by atoms with Crippen molar-refractivity contribution in [3.8, 4) is 27.8 Å². The quantitative estimate of drug-likeness (QED) is 0.477. The van der Waals surface area contributed by atoms with E-state index in [2.05, 4.69) is 15.0 Å². The van der Waals surface area contributed by atoms with E-state index in [9.17, 15) is 10.1 Å². The fraction of sp³-hybridized carbons (Fsp3) is 0.0455. The minimum absolute atomic E-state index is 0.186. The van der Waals surface area contributed by atoms with Crippen molar-refractivity contribution < 1.29 is 0 Å². The van der Waals surface area contributed by atoms with Gasteiger partial charge in [0, 0.05) is 29.4 Å². The van der Waals surface area contributed by atoms with Crippen LogP contribution < -0.4 is 5.43 Å². The molecule has 1 N–H and O–H groups in total. The van der Waals surface area contributed by atoms with Crippen molar-refractivity contribution in [1.29, 1.82) is 5.26 Å². The first-order valence-corrected chi connectivity index (χ1v) is 9.70. The van der Waals surface area contributed by atoms with E-state index in [1.54, 1.807) is 12.4 Å². The van der Waals surface area contributed by atoms with Gasteiger partial charge in [0.2, 0.25) is 0 Å². The Hall–Kier alpha value is -3.89. The van der Waals surface area contributed by atoms with E-state index in [-0.39, 0.29) is 11.1 Å². The fourth-order valence-corrected chi connectivity index (χ4v) is 4.13. The Morgan fingerprint density at radius 3 is 2.83 bits per heavy atom. The Balaban J connectivity index is 1.85. The first kappa shape index (κ1) is 17.2. The summed E-state index contributed by atoms with van der Waals surface area (Å²) in [6, 6.07) is 15.0. The van der Waals surface area contributed by atoms with Gasteiger partial charge in [-0.05, 0) is 36.8 Å². The van der Waals surface area contributed by atoms with Crippen LogP contribution in [0.5, 0.6) is 0 Å². The molecule has 0 aliphatic carbocycles. The minimum atomic E-state index is -0.237. The molecule has 0 aliphatic heterocycles. The Morgan fingerprint density at radius 1 is 1.14 bits per heavy atom. The summed E-state index contributed by atoms with van der Waals surface area (Å²) in [5, 5.41) is 11.6. The third kappa shape index (κ3) is 2.96. The zero-order chi connectivity index (χ0) is 20.0. The predicted molar refractivity (Wildman–Crippen MR) is 114 cm³/mol. The van der Waals surface area contributed by atoms with Gasteiger partial charge < -0.3 is 4.98 Å². The normalized spacial score (nSPS) is 11.0. The zero-order valence-electron chi connectivity index (χ0n) is 15.3. The molecule has 4 heterocycles. The lowest BCUT2D eigenvalue weighted by atomic mass is 9.99. The summed E-state index contributed by atoms with van der Waals surface area (Å²) in [5.74, 6) is 0. The number of rotatable bonds is 2. The highest BCUT2D eigenvalue weighted by Crippen LogP contribution is 2.36. The largest absolute Gasteiger partial charge is 0.331 e. The van der Waals surface area contributed by atoms with Crippen LogP contribution in [0.4, 0.5) is 0 Å². The number of hydrogen-bond acceptors (Lipinski definition) is 6. The van der Waals surface area contributed by atoms with Crippen molar-refractivity contribution in [3.05, 3.63) is 75.8 Å². The molecule has 0 saturated heterocycles. The number of nitriles is 1. The van der Waals surface area contributed by atoms with Gasteiger partial charge in [-0.25, -0.2) is 9.97 Å². The monoisotopic (exact) mass is 395 g/mol. The summed E-state index contributed by atoms with van der Waals surface area (Å²) in [6.45, 7) is 1.94. The highest BCUT2D eigenvalue weighted by molar-refractivity contribution is 7.15. The van der Waals surface area contributed by atoms with Gasteiger partial charge in [0.1, 0.15) is 17.4 Å². The maximum atomic E-state index is 12.6. The van der Waals surface area contributed by atoms with Crippen molar-refractivity contribution >= 4 is 33.3 Å². The van der Waals surface area contributed by atoms with Gasteiger partial charge in [0.15, 0.2) is 5.43 Å². The van der Waals surface area contributed by atoms with Crippen molar-refractivity contribution in [2.24, 2.45) is 0 Å². The Bertz CT molecular complexity index is 1510. The number of aromatic nitrogens is 4. The number of benzene rings is 1. The molecule has 0 atom stereocenters. The van der Waals surface area contributed by atoms with Crippen LogP contribution in [0.3, 0.4) is 0 Å². The van der Waals surface area contributed by atoms with Crippen LogP contribution in [0.2, 0.25) is 0 Å². The first-order valence-electron chi connectivity index (χ1n) is 8.88. The first-order chi connectivity index (χ1) is 14.1. The highest BCUT2D eigenvalue weighted by Gasteiger charge is 2.16. The molecule has 0 amide bonds. The lowest BCUT2D eigenvalue weighted by molar-refractivity contribution is 1.24. The molecule has 5 rings (SSSR count). The van der Waals surface area contributed by atoms with Crippen molar-refractivity contribution in [3.63, 3.8) is 0 Å². The third-order valence-corrected chi connectivity index (χ3v) is 5.63. The molecule has 0 aliphatic rings.